The highest BCUT2D eigenvalue weighted by Gasteiger charge is 2.60. The lowest BCUT2D eigenvalue weighted by Crippen LogP contribution is -2.35. The zero-order chi connectivity index (χ0) is 17.7. The molecule has 2 bridgehead atoms. The molecule has 2 aliphatic carbocycles. The quantitative estimate of drug-likeness (QED) is 0.839. The van der Waals surface area contributed by atoms with Crippen LogP contribution in [0.4, 0.5) is 5.69 Å². The van der Waals surface area contributed by atoms with Gasteiger partial charge in [-0.1, -0.05) is 17.7 Å². The summed E-state index contributed by atoms with van der Waals surface area (Å²) in [5.41, 5.74) is 1.57. The standard InChI is InChI=1S/C19H21ClN2O3/c1-10-2-5-13(20)9-14(10)21-15(23)6-7-22-18(24)16-11-3-4-12(8-11)17(16)19(22)25/h2,5,9,11-12,16-17H,3-4,6-8H2,1H3,(H,21,23)/t11-,12-,16-,17+/m1/s1. The van der Waals surface area contributed by atoms with Gasteiger partial charge in [0.15, 0.2) is 0 Å². The van der Waals surface area contributed by atoms with Crippen molar-refractivity contribution >= 4 is 35.0 Å². The average Bonchev–Trinajstić information content (AvgIpc) is 3.24. The van der Waals surface area contributed by atoms with Crippen LogP contribution in [0.5, 0.6) is 0 Å². The third kappa shape index (κ3) is 2.74. The predicted octanol–water partition coefficient (Wildman–Crippen LogP) is 3.01. The Labute approximate surface area is 151 Å². The number of fused-ring (bicyclic) bond motifs is 5. The summed E-state index contributed by atoms with van der Waals surface area (Å²) in [6.07, 6.45) is 3.26. The molecule has 3 fully saturated rings. The minimum Gasteiger partial charge on any atom is -0.326 e. The SMILES string of the molecule is Cc1ccc(Cl)cc1NC(=O)CCN1C(=O)[C@@H]2[C@@H]3CC[C@H](C3)[C@@H]2C1=O. The van der Waals surface area contributed by atoms with Gasteiger partial charge in [-0.25, -0.2) is 0 Å². The van der Waals surface area contributed by atoms with E-state index in [0.717, 1.165) is 24.8 Å². The number of aryl methyl sites for hydroxylation is 1. The number of carbonyl (C=O) groups excluding carboxylic acids is 3. The van der Waals surface area contributed by atoms with Crippen molar-refractivity contribution in [3.63, 3.8) is 0 Å². The zero-order valence-corrected chi connectivity index (χ0v) is 14.9. The van der Waals surface area contributed by atoms with Crippen LogP contribution in [0.2, 0.25) is 5.02 Å². The van der Waals surface area contributed by atoms with Gasteiger partial charge in [-0.05, 0) is 55.7 Å². The number of anilines is 1. The number of likely N-dealkylation sites (tertiary alicyclic amines) is 1. The molecule has 3 amide bonds. The molecular weight excluding hydrogens is 340 g/mol. The van der Waals surface area contributed by atoms with Gasteiger partial charge in [0.25, 0.3) is 0 Å². The van der Waals surface area contributed by atoms with E-state index in [0.29, 0.717) is 22.5 Å². The highest BCUT2D eigenvalue weighted by atomic mass is 35.5. The van der Waals surface area contributed by atoms with Gasteiger partial charge in [-0.3, -0.25) is 19.3 Å². The molecule has 1 aromatic rings. The summed E-state index contributed by atoms with van der Waals surface area (Å²) >= 11 is 5.96. The number of hydrogen-bond donors (Lipinski definition) is 1. The van der Waals surface area contributed by atoms with E-state index in [-0.39, 0.29) is 42.5 Å². The van der Waals surface area contributed by atoms with Crippen molar-refractivity contribution < 1.29 is 14.4 Å². The zero-order valence-electron chi connectivity index (χ0n) is 14.1. The monoisotopic (exact) mass is 360 g/mol. The lowest BCUT2D eigenvalue weighted by Gasteiger charge is -2.19. The molecule has 2 saturated carbocycles. The van der Waals surface area contributed by atoms with Gasteiger partial charge < -0.3 is 5.32 Å². The summed E-state index contributed by atoms with van der Waals surface area (Å²) in [5, 5.41) is 3.36. The summed E-state index contributed by atoms with van der Waals surface area (Å²) in [6.45, 7) is 2.05. The lowest BCUT2D eigenvalue weighted by atomic mass is 9.81. The van der Waals surface area contributed by atoms with E-state index in [4.69, 9.17) is 11.6 Å². The molecule has 1 saturated heterocycles. The van der Waals surface area contributed by atoms with Crippen LogP contribution < -0.4 is 5.32 Å². The maximum atomic E-state index is 12.6. The van der Waals surface area contributed by atoms with Crippen LogP contribution in [0.15, 0.2) is 18.2 Å². The Morgan fingerprint density at radius 2 is 1.84 bits per heavy atom. The largest absolute Gasteiger partial charge is 0.326 e. The van der Waals surface area contributed by atoms with E-state index in [9.17, 15) is 14.4 Å². The molecular formula is C19H21ClN2O3. The van der Waals surface area contributed by atoms with Crippen LogP contribution in [-0.4, -0.2) is 29.2 Å². The maximum Gasteiger partial charge on any atom is 0.233 e. The normalized spacial score (nSPS) is 30.1. The molecule has 1 aromatic carbocycles. The first-order valence-electron chi connectivity index (χ1n) is 8.87. The molecule has 0 spiro atoms. The number of benzene rings is 1. The minimum atomic E-state index is -0.217. The molecule has 25 heavy (non-hydrogen) atoms. The van der Waals surface area contributed by atoms with E-state index in [1.807, 2.05) is 13.0 Å². The van der Waals surface area contributed by atoms with E-state index in [1.165, 1.54) is 4.90 Å². The van der Waals surface area contributed by atoms with Gasteiger partial charge in [-0.15, -0.1) is 0 Å². The Kier molecular flexibility index (Phi) is 4.07. The van der Waals surface area contributed by atoms with Crippen LogP contribution in [-0.2, 0) is 14.4 Å². The molecule has 0 unspecified atom stereocenters. The molecule has 6 heteroatoms. The van der Waals surface area contributed by atoms with Gasteiger partial charge in [0.1, 0.15) is 0 Å². The first-order valence-corrected chi connectivity index (χ1v) is 9.24. The van der Waals surface area contributed by atoms with E-state index in [2.05, 4.69) is 5.32 Å². The van der Waals surface area contributed by atoms with Crippen molar-refractivity contribution in [2.24, 2.45) is 23.7 Å². The fraction of sp³-hybridized carbons (Fsp3) is 0.526. The highest BCUT2D eigenvalue weighted by molar-refractivity contribution is 6.31. The Hall–Kier alpha value is -1.88. The first kappa shape index (κ1) is 16.6. The van der Waals surface area contributed by atoms with Crippen LogP contribution >= 0.6 is 11.6 Å². The molecule has 4 atom stereocenters. The van der Waals surface area contributed by atoms with E-state index < -0.39 is 0 Å². The van der Waals surface area contributed by atoms with Crippen molar-refractivity contribution in [3.8, 4) is 0 Å². The fourth-order valence-corrected chi connectivity index (χ4v) is 5.02. The van der Waals surface area contributed by atoms with Crippen LogP contribution in [0.1, 0.15) is 31.2 Å². The number of hydrogen-bond acceptors (Lipinski definition) is 3. The molecule has 5 nitrogen and oxygen atoms in total. The average molecular weight is 361 g/mol. The number of rotatable bonds is 4. The van der Waals surface area contributed by atoms with Gasteiger partial charge in [0.2, 0.25) is 17.7 Å². The number of amides is 3. The third-order valence-electron chi connectivity index (χ3n) is 6.05. The second-order valence-electron chi connectivity index (χ2n) is 7.47. The fourth-order valence-electron chi connectivity index (χ4n) is 4.85. The van der Waals surface area contributed by atoms with Crippen LogP contribution in [0.3, 0.4) is 0 Å². The van der Waals surface area contributed by atoms with Crippen molar-refractivity contribution in [2.45, 2.75) is 32.6 Å². The van der Waals surface area contributed by atoms with Crippen molar-refractivity contribution in [3.05, 3.63) is 28.8 Å². The molecule has 0 aromatic heterocycles. The number of nitrogens with zero attached hydrogens (tertiary/aromatic N) is 1. The van der Waals surface area contributed by atoms with Crippen molar-refractivity contribution in [1.82, 2.24) is 4.90 Å². The summed E-state index contributed by atoms with van der Waals surface area (Å²) in [5.74, 6) is 0.168. The lowest BCUT2D eigenvalue weighted by molar-refractivity contribution is -0.140. The number of carbonyl (C=O) groups is 3. The van der Waals surface area contributed by atoms with Crippen molar-refractivity contribution in [2.75, 3.05) is 11.9 Å². The number of halogens is 1. The topological polar surface area (TPSA) is 66.5 Å². The molecule has 0 radical (unpaired) electrons. The number of nitrogens with one attached hydrogen (secondary N) is 1. The minimum absolute atomic E-state index is 0.0612. The summed E-state index contributed by atoms with van der Waals surface area (Å²) in [6, 6.07) is 5.30. The molecule has 4 rings (SSSR count). The predicted molar refractivity (Wildman–Crippen MR) is 94.0 cm³/mol. The van der Waals surface area contributed by atoms with Gasteiger partial charge >= 0.3 is 0 Å². The molecule has 132 valence electrons. The summed E-state index contributed by atoms with van der Waals surface area (Å²) in [4.78, 5) is 38.8. The first-order chi connectivity index (χ1) is 12.0. The van der Waals surface area contributed by atoms with E-state index in [1.54, 1.807) is 12.1 Å². The smallest absolute Gasteiger partial charge is 0.233 e. The van der Waals surface area contributed by atoms with Gasteiger partial charge in [0.05, 0.1) is 11.8 Å². The summed E-state index contributed by atoms with van der Waals surface area (Å²) in [7, 11) is 0. The molecule has 1 aliphatic heterocycles. The Morgan fingerprint density at radius 1 is 1.20 bits per heavy atom. The molecule has 3 aliphatic rings. The highest BCUT2D eigenvalue weighted by Crippen LogP contribution is 2.56. The van der Waals surface area contributed by atoms with Gasteiger partial charge in [0, 0.05) is 23.7 Å². The second kappa shape index (κ2) is 6.13. The van der Waals surface area contributed by atoms with E-state index >= 15 is 0 Å². The maximum absolute atomic E-state index is 12.6. The van der Waals surface area contributed by atoms with Crippen LogP contribution in [0, 0.1) is 30.6 Å². The second-order valence-corrected chi connectivity index (χ2v) is 7.91. The number of imide groups is 1. The van der Waals surface area contributed by atoms with Crippen molar-refractivity contribution in [1.29, 1.82) is 0 Å². The Balaban J connectivity index is 1.38. The summed E-state index contributed by atoms with van der Waals surface area (Å²) < 4.78 is 0. The third-order valence-corrected chi connectivity index (χ3v) is 6.29. The Morgan fingerprint density at radius 3 is 2.48 bits per heavy atom. The molecule has 1 heterocycles. The van der Waals surface area contributed by atoms with Crippen LogP contribution in [0.25, 0.3) is 0 Å². The van der Waals surface area contributed by atoms with Gasteiger partial charge in [-0.2, -0.15) is 0 Å². The molecule has 1 N–H and O–H groups in total. The Bertz CT molecular complexity index is 735.